The Kier molecular flexibility index (Phi) is 8.42. The van der Waals surface area contributed by atoms with Gasteiger partial charge in [0.15, 0.2) is 11.4 Å². The van der Waals surface area contributed by atoms with Crippen LogP contribution >= 0.6 is 11.5 Å². The van der Waals surface area contributed by atoms with Gasteiger partial charge >= 0.3 is 18.1 Å². The lowest BCUT2D eigenvalue weighted by Crippen LogP contribution is -2.36. The van der Waals surface area contributed by atoms with Crippen molar-refractivity contribution in [1.82, 2.24) is 9.81 Å². The number of ether oxygens (including phenoxy) is 2. The van der Waals surface area contributed by atoms with Crippen LogP contribution < -0.4 is 10.00 Å². The lowest BCUT2D eigenvalue weighted by Gasteiger charge is -1.99. The van der Waals surface area contributed by atoms with Crippen molar-refractivity contribution in [2.75, 3.05) is 13.7 Å². The van der Waals surface area contributed by atoms with Gasteiger partial charge in [-0.15, -0.1) is 0 Å². The van der Waals surface area contributed by atoms with Crippen molar-refractivity contribution in [3.8, 4) is 0 Å². The Hall–Kier alpha value is -2.24. The van der Waals surface area contributed by atoms with E-state index in [1.165, 1.54) is 0 Å². The zero-order valence-corrected chi connectivity index (χ0v) is 15.0. The molecule has 12 heteroatoms. The van der Waals surface area contributed by atoms with E-state index in [4.69, 9.17) is 4.74 Å². The van der Waals surface area contributed by atoms with Crippen LogP contribution in [-0.4, -0.2) is 48.3 Å². The molecule has 0 atom stereocenters. The number of carbonyl (C=O) groups excluding carboxylic acids is 3. The molecule has 0 aromatic carbocycles. The first-order valence-corrected chi connectivity index (χ1v) is 8.42. The molecule has 0 aliphatic heterocycles. The van der Waals surface area contributed by atoms with Gasteiger partial charge in [0.25, 0.3) is 5.91 Å². The highest BCUT2D eigenvalue weighted by molar-refractivity contribution is 7.07. The van der Waals surface area contributed by atoms with Gasteiger partial charge in [-0.25, -0.2) is 4.79 Å². The molecule has 1 aliphatic carbocycles. The van der Waals surface area contributed by atoms with Crippen molar-refractivity contribution >= 4 is 29.4 Å². The van der Waals surface area contributed by atoms with E-state index in [0.29, 0.717) is 31.2 Å². The van der Waals surface area contributed by atoms with Crippen LogP contribution in [-0.2, 0) is 25.6 Å². The first kappa shape index (κ1) is 21.8. The number of amides is 1. The number of halogens is 3. The molecule has 0 unspecified atom stereocenters. The van der Waals surface area contributed by atoms with Gasteiger partial charge in [-0.1, -0.05) is 4.68 Å². The molecule has 146 valence electrons. The van der Waals surface area contributed by atoms with E-state index in [-0.39, 0.29) is 18.3 Å². The minimum atomic E-state index is -4.85. The third kappa shape index (κ3) is 8.23. The summed E-state index contributed by atoms with van der Waals surface area (Å²) in [6.07, 6.45) is -0.789. The molecule has 1 saturated carbocycles. The number of hydrogen-bond donors (Lipinski definition) is 1. The van der Waals surface area contributed by atoms with E-state index in [2.05, 4.69) is 14.5 Å². The van der Waals surface area contributed by atoms with Gasteiger partial charge in [0, 0.05) is 17.6 Å². The number of rotatable bonds is 6. The standard InChI is InChI=1S/C11H15N3O3S.C3H3F3O2/c1-2-17-10(15)5-6-14-7-9(18-13-14)11(16)12-8-3-4-8;1-8-2(7)3(4,5)6/h7-8H,2-6H2,1H3;1H3/p+1. The smallest absolute Gasteiger partial charge is 0.466 e. The Bertz CT molecular complexity index is 632. The normalized spacial score (nSPS) is 13.3. The summed E-state index contributed by atoms with van der Waals surface area (Å²) in [6, 6.07) is 0.340. The Morgan fingerprint density at radius 2 is 2.04 bits per heavy atom. The van der Waals surface area contributed by atoms with Crippen LogP contribution in [0.1, 0.15) is 35.9 Å². The van der Waals surface area contributed by atoms with E-state index < -0.39 is 12.1 Å². The molecule has 1 aromatic rings. The van der Waals surface area contributed by atoms with E-state index in [1.54, 1.807) is 17.8 Å². The molecular weight excluding hydrogens is 379 g/mol. The number of nitrogens with zero attached hydrogens (tertiary/aromatic N) is 2. The molecule has 0 spiro atoms. The number of carbonyl (C=O) groups is 3. The molecule has 1 N–H and O–H groups in total. The lowest BCUT2D eigenvalue weighted by molar-refractivity contribution is -0.745. The average Bonchev–Trinajstić information content (AvgIpc) is 3.25. The molecule has 0 bridgehead atoms. The Labute approximate surface area is 151 Å². The fourth-order valence-corrected chi connectivity index (χ4v) is 2.16. The van der Waals surface area contributed by atoms with Gasteiger partial charge in [0.1, 0.15) is 6.42 Å². The summed E-state index contributed by atoms with van der Waals surface area (Å²) in [6.45, 7) is 2.59. The zero-order chi connectivity index (χ0) is 19.7. The maximum atomic E-state index is 11.7. The minimum Gasteiger partial charge on any atom is -0.466 e. The molecular formula is C14H19F3N3O5S+. The predicted octanol–water partition coefficient (Wildman–Crippen LogP) is 0.998. The summed E-state index contributed by atoms with van der Waals surface area (Å²) >= 11 is 1.14. The molecule has 1 heterocycles. The van der Waals surface area contributed by atoms with Crippen LogP contribution in [0, 0.1) is 0 Å². The second-order valence-corrected chi connectivity index (χ2v) is 5.91. The van der Waals surface area contributed by atoms with Crippen LogP contribution in [0.5, 0.6) is 0 Å². The number of aryl methyl sites for hydroxylation is 1. The highest BCUT2D eigenvalue weighted by atomic mass is 32.1. The van der Waals surface area contributed by atoms with Gasteiger partial charge in [0.05, 0.1) is 18.2 Å². The molecule has 8 nitrogen and oxygen atoms in total. The molecule has 0 saturated heterocycles. The number of aromatic nitrogens is 2. The van der Waals surface area contributed by atoms with E-state index in [0.717, 1.165) is 24.4 Å². The second kappa shape index (κ2) is 10.0. The summed E-state index contributed by atoms with van der Waals surface area (Å²) in [5, 5.41) is 2.90. The largest absolute Gasteiger partial charge is 0.490 e. The van der Waals surface area contributed by atoms with E-state index in [9.17, 15) is 27.6 Å². The topological polar surface area (TPSA) is 98.5 Å². The monoisotopic (exact) mass is 398 g/mol. The minimum absolute atomic E-state index is 0.0788. The fraction of sp³-hybridized carbons (Fsp3) is 0.643. The van der Waals surface area contributed by atoms with Gasteiger partial charge in [-0.2, -0.15) is 13.2 Å². The van der Waals surface area contributed by atoms with Crippen molar-refractivity contribution in [2.45, 2.75) is 44.9 Å². The summed E-state index contributed by atoms with van der Waals surface area (Å²) < 4.78 is 46.8. The number of alkyl halides is 3. The maximum absolute atomic E-state index is 11.7. The number of nitrogens with one attached hydrogen (secondary N) is 1. The van der Waals surface area contributed by atoms with Crippen LogP contribution in [0.25, 0.3) is 0 Å². The van der Waals surface area contributed by atoms with Gasteiger partial charge in [-0.3, -0.25) is 9.59 Å². The van der Waals surface area contributed by atoms with Crippen molar-refractivity contribution in [3.05, 3.63) is 11.1 Å². The van der Waals surface area contributed by atoms with Gasteiger partial charge < -0.3 is 14.8 Å². The summed E-state index contributed by atoms with van der Waals surface area (Å²) in [5.74, 6) is -2.50. The summed E-state index contributed by atoms with van der Waals surface area (Å²) in [7, 11) is 0.676. The first-order valence-electron chi connectivity index (χ1n) is 7.65. The maximum Gasteiger partial charge on any atom is 0.490 e. The predicted molar refractivity (Wildman–Crippen MR) is 82.1 cm³/mol. The second-order valence-electron chi connectivity index (χ2n) is 5.12. The van der Waals surface area contributed by atoms with Crippen LogP contribution in [0.3, 0.4) is 0 Å². The molecule has 1 amide bonds. The highest BCUT2D eigenvalue weighted by Gasteiger charge is 2.40. The van der Waals surface area contributed by atoms with Crippen molar-refractivity contribution in [3.63, 3.8) is 0 Å². The first-order chi connectivity index (χ1) is 12.2. The zero-order valence-electron chi connectivity index (χ0n) is 14.2. The summed E-state index contributed by atoms with van der Waals surface area (Å²) in [4.78, 5) is 32.9. The van der Waals surface area contributed by atoms with Crippen LogP contribution in [0.2, 0.25) is 0 Å². The lowest BCUT2D eigenvalue weighted by atomic mass is 10.4. The fourth-order valence-electron chi connectivity index (χ4n) is 1.52. The quantitative estimate of drug-likeness (QED) is 0.567. The van der Waals surface area contributed by atoms with Crippen LogP contribution in [0.15, 0.2) is 6.20 Å². The Balaban J connectivity index is 0.000000359. The van der Waals surface area contributed by atoms with Gasteiger partial charge in [-0.05, 0) is 19.8 Å². The van der Waals surface area contributed by atoms with E-state index >= 15 is 0 Å². The summed E-state index contributed by atoms with van der Waals surface area (Å²) in [5.41, 5.74) is 0. The molecule has 1 fully saturated rings. The molecule has 26 heavy (non-hydrogen) atoms. The molecule has 1 aromatic heterocycles. The van der Waals surface area contributed by atoms with Crippen molar-refractivity contribution in [2.24, 2.45) is 0 Å². The molecule has 0 radical (unpaired) electrons. The average molecular weight is 398 g/mol. The third-order valence-electron chi connectivity index (χ3n) is 2.91. The Morgan fingerprint density at radius 3 is 2.50 bits per heavy atom. The third-order valence-corrected chi connectivity index (χ3v) is 3.69. The van der Waals surface area contributed by atoms with Gasteiger partial charge in [0.2, 0.25) is 6.20 Å². The Morgan fingerprint density at radius 1 is 1.38 bits per heavy atom. The van der Waals surface area contributed by atoms with Crippen LogP contribution in [0.4, 0.5) is 13.2 Å². The number of hydrogen-bond acceptors (Lipinski definition) is 7. The highest BCUT2D eigenvalue weighted by Crippen LogP contribution is 2.19. The number of methoxy groups -OCH3 is 1. The molecule has 2 rings (SSSR count). The molecule has 1 aliphatic rings. The van der Waals surface area contributed by atoms with Crippen molar-refractivity contribution in [1.29, 1.82) is 0 Å². The SMILES string of the molecule is CCOC(=O)CC[n+]1cc(C(=O)NC2CC2)sn1.COC(=O)C(F)(F)F. The van der Waals surface area contributed by atoms with E-state index in [1.807, 2.05) is 0 Å². The number of esters is 2. The van der Waals surface area contributed by atoms with Crippen molar-refractivity contribution < 1.29 is 41.7 Å².